The summed E-state index contributed by atoms with van der Waals surface area (Å²) < 4.78 is 10.5. The van der Waals surface area contributed by atoms with Gasteiger partial charge in [0, 0.05) is 32.4 Å². The molecule has 1 N–H and O–H groups in total. The minimum absolute atomic E-state index is 0.143. The molecule has 23 heavy (non-hydrogen) atoms. The van der Waals surface area contributed by atoms with E-state index in [0.29, 0.717) is 37.2 Å². The Labute approximate surface area is 138 Å². The summed E-state index contributed by atoms with van der Waals surface area (Å²) in [4.78, 5) is 18.9. The molecule has 1 aromatic rings. The van der Waals surface area contributed by atoms with Crippen LogP contribution in [-0.4, -0.2) is 61.8 Å². The zero-order chi connectivity index (χ0) is 16.5. The molecule has 0 aromatic carbocycles. The quantitative estimate of drug-likeness (QED) is 0.739. The van der Waals surface area contributed by atoms with Crippen LogP contribution >= 0.6 is 0 Å². The number of aromatic nitrogens is 1. The standard InChI is InChI=1S/C17H27N3O3/c1-14-6-3-4-10-20(14)11-9-18-16(21)15-7-5-8-19-17(15)23-13-12-22-2/h5,7-8,14H,3-4,6,9-13H2,1-2H3,(H,18,21). The Balaban J connectivity index is 1.83. The van der Waals surface area contributed by atoms with Crippen molar-refractivity contribution in [2.75, 3.05) is 40.0 Å². The number of likely N-dealkylation sites (tertiary alicyclic amines) is 1. The fourth-order valence-corrected chi connectivity index (χ4v) is 2.80. The third-order valence-corrected chi connectivity index (χ3v) is 4.17. The molecule has 1 atom stereocenters. The molecule has 0 bridgehead atoms. The largest absolute Gasteiger partial charge is 0.475 e. The molecular weight excluding hydrogens is 294 g/mol. The van der Waals surface area contributed by atoms with Gasteiger partial charge in [-0.1, -0.05) is 6.42 Å². The van der Waals surface area contributed by atoms with Gasteiger partial charge in [-0.15, -0.1) is 0 Å². The van der Waals surface area contributed by atoms with Crippen molar-refractivity contribution in [3.8, 4) is 5.88 Å². The fraction of sp³-hybridized carbons (Fsp3) is 0.647. The topological polar surface area (TPSA) is 63.7 Å². The lowest BCUT2D eigenvalue weighted by molar-refractivity contribution is 0.0929. The first kappa shape index (κ1) is 17.7. The summed E-state index contributed by atoms with van der Waals surface area (Å²) in [6.07, 6.45) is 5.42. The second-order valence-corrected chi connectivity index (χ2v) is 5.83. The molecule has 0 radical (unpaired) electrons. The summed E-state index contributed by atoms with van der Waals surface area (Å²) in [7, 11) is 1.61. The van der Waals surface area contributed by atoms with Crippen LogP contribution in [0.25, 0.3) is 0 Å². The third kappa shape index (κ3) is 5.48. The number of hydrogen-bond donors (Lipinski definition) is 1. The smallest absolute Gasteiger partial charge is 0.256 e. The van der Waals surface area contributed by atoms with E-state index in [1.807, 2.05) is 0 Å². The van der Waals surface area contributed by atoms with Crippen LogP contribution in [0.5, 0.6) is 5.88 Å². The summed E-state index contributed by atoms with van der Waals surface area (Å²) >= 11 is 0. The van der Waals surface area contributed by atoms with E-state index in [1.54, 1.807) is 25.4 Å². The monoisotopic (exact) mass is 321 g/mol. The van der Waals surface area contributed by atoms with E-state index < -0.39 is 0 Å². The molecule has 0 aliphatic carbocycles. The van der Waals surface area contributed by atoms with Crippen molar-refractivity contribution in [3.05, 3.63) is 23.9 Å². The van der Waals surface area contributed by atoms with Crippen LogP contribution in [-0.2, 0) is 4.74 Å². The molecule has 0 spiro atoms. The van der Waals surface area contributed by atoms with Crippen LogP contribution in [0.2, 0.25) is 0 Å². The lowest BCUT2D eigenvalue weighted by Crippen LogP contribution is -2.42. The number of carbonyl (C=O) groups excluding carboxylic acids is 1. The average molecular weight is 321 g/mol. The molecule has 1 aliphatic heterocycles. The average Bonchev–Trinajstić information content (AvgIpc) is 2.57. The minimum atomic E-state index is -0.143. The molecule has 2 rings (SSSR count). The van der Waals surface area contributed by atoms with E-state index in [1.165, 1.54) is 19.3 Å². The Bertz CT molecular complexity index is 496. The van der Waals surface area contributed by atoms with Gasteiger partial charge in [0.1, 0.15) is 12.2 Å². The molecule has 6 nitrogen and oxygen atoms in total. The van der Waals surface area contributed by atoms with Crippen molar-refractivity contribution in [3.63, 3.8) is 0 Å². The first-order chi connectivity index (χ1) is 11.2. The van der Waals surface area contributed by atoms with Crippen LogP contribution < -0.4 is 10.1 Å². The van der Waals surface area contributed by atoms with E-state index in [2.05, 4.69) is 22.1 Å². The summed E-state index contributed by atoms with van der Waals surface area (Å²) in [5, 5.41) is 2.97. The number of piperidine rings is 1. The number of hydrogen-bond acceptors (Lipinski definition) is 5. The Morgan fingerprint density at radius 2 is 2.30 bits per heavy atom. The van der Waals surface area contributed by atoms with E-state index in [-0.39, 0.29) is 5.91 Å². The normalized spacial score (nSPS) is 18.6. The van der Waals surface area contributed by atoms with Gasteiger partial charge in [0.05, 0.1) is 6.61 Å². The molecule has 6 heteroatoms. The maximum Gasteiger partial charge on any atom is 0.256 e. The number of nitrogens with zero attached hydrogens (tertiary/aromatic N) is 2. The fourth-order valence-electron chi connectivity index (χ4n) is 2.80. The third-order valence-electron chi connectivity index (χ3n) is 4.17. The molecule has 1 aliphatic rings. The first-order valence-corrected chi connectivity index (χ1v) is 8.31. The number of pyridine rings is 1. The van der Waals surface area contributed by atoms with Gasteiger partial charge in [0.15, 0.2) is 0 Å². The number of methoxy groups -OCH3 is 1. The molecule has 2 heterocycles. The molecule has 0 saturated carbocycles. The SMILES string of the molecule is COCCOc1ncccc1C(=O)NCCN1CCCCC1C. The van der Waals surface area contributed by atoms with Crippen molar-refractivity contribution in [1.29, 1.82) is 0 Å². The molecule has 1 fully saturated rings. The zero-order valence-electron chi connectivity index (χ0n) is 14.1. The first-order valence-electron chi connectivity index (χ1n) is 8.31. The van der Waals surface area contributed by atoms with E-state index in [0.717, 1.165) is 13.1 Å². The Kier molecular flexibility index (Phi) is 7.29. The number of carbonyl (C=O) groups is 1. The van der Waals surface area contributed by atoms with Crippen molar-refractivity contribution in [1.82, 2.24) is 15.2 Å². The predicted octanol–water partition coefficient (Wildman–Crippen LogP) is 1.71. The van der Waals surface area contributed by atoms with Gasteiger partial charge in [-0.2, -0.15) is 0 Å². The van der Waals surface area contributed by atoms with Crippen molar-refractivity contribution in [2.24, 2.45) is 0 Å². The van der Waals surface area contributed by atoms with Gasteiger partial charge in [0.25, 0.3) is 5.91 Å². The Morgan fingerprint density at radius 1 is 1.43 bits per heavy atom. The highest BCUT2D eigenvalue weighted by Crippen LogP contribution is 2.16. The molecule has 1 saturated heterocycles. The summed E-state index contributed by atoms with van der Waals surface area (Å²) in [5.74, 6) is 0.212. The second kappa shape index (κ2) is 9.47. The van der Waals surface area contributed by atoms with Crippen LogP contribution in [0, 0.1) is 0 Å². The highest BCUT2D eigenvalue weighted by atomic mass is 16.5. The van der Waals surface area contributed by atoms with Crippen LogP contribution in [0.15, 0.2) is 18.3 Å². The highest BCUT2D eigenvalue weighted by Gasteiger charge is 2.18. The lowest BCUT2D eigenvalue weighted by atomic mass is 10.0. The molecule has 128 valence electrons. The van der Waals surface area contributed by atoms with Crippen molar-refractivity contribution >= 4 is 5.91 Å². The molecular formula is C17H27N3O3. The van der Waals surface area contributed by atoms with Crippen molar-refractivity contribution < 1.29 is 14.3 Å². The molecule has 1 amide bonds. The lowest BCUT2D eigenvalue weighted by Gasteiger charge is -2.33. The van der Waals surface area contributed by atoms with E-state index in [4.69, 9.17) is 9.47 Å². The maximum atomic E-state index is 12.3. The van der Waals surface area contributed by atoms with Crippen molar-refractivity contribution in [2.45, 2.75) is 32.2 Å². The zero-order valence-corrected chi connectivity index (χ0v) is 14.1. The second-order valence-electron chi connectivity index (χ2n) is 5.83. The van der Waals surface area contributed by atoms with Gasteiger partial charge >= 0.3 is 0 Å². The highest BCUT2D eigenvalue weighted by molar-refractivity contribution is 5.96. The molecule has 1 unspecified atom stereocenters. The maximum absolute atomic E-state index is 12.3. The summed E-state index contributed by atoms with van der Waals surface area (Å²) in [6.45, 7) is 5.73. The van der Waals surface area contributed by atoms with Crippen LogP contribution in [0.3, 0.4) is 0 Å². The summed E-state index contributed by atoms with van der Waals surface area (Å²) in [6, 6.07) is 4.07. The minimum Gasteiger partial charge on any atom is -0.475 e. The Hall–Kier alpha value is -1.66. The van der Waals surface area contributed by atoms with E-state index in [9.17, 15) is 4.79 Å². The number of ether oxygens (including phenoxy) is 2. The van der Waals surface area contributed by atoms with Gasteiger partial charge in [-0.25, -0.2) is 4.98 Å². The molecule has 1 aromatic heterocycles. The Morgan fingerprint density at radius 3 is 3.09 bits per heavy atom. The van der Waals surface area contributed by atoms with Crippen LogP contribution in [0.4, 0.5) is 0 Å². The van der Waals surface area contributed by atoms with Gasteiger partial charge in [0.2, 0.25) is 5.88 Å². The number of rotatable bonds is 8. The van der Waals surface area contributed by atoms with Gasteiger partial charge < -0.3 is 14.8 Å². The van der Waals surface area contributed by atoms with Crippen LogP contribution in [0.1, 0.15) is 36.5 Å². The predicted molar refractivity (Wildman–Crippen MR) is 88.8 cm³/mol. The van der Waals surface area contributed by atoms with Gasteiger partial charge in [-0.05, 0) is 38.4 Å². The van der Waals surface area contributed by atoms with Gasteiger partial charge in [-0.3, -0.25) is 9.69 Å². The van der Waals surface area contributed by atoms with E-state index >= 15 is 0 Å². The number of amides is 1. The summed E-state index contributed by atoms with van der Waals surface area (Å²) in [5.41, 5.74) is 0.468. The number of nitrogens with one attached hydrogen (secondary N) is 1.